The van der Waals surface area contributed by atoms with Gasteiger partial charge in [-0.3, -0.25) is 0 Å². The first kappa shape index (κ1) is 13.9. The fraction of sp³-hybridized carbons (Fsp3) is 0.938. The smallest absolute Gasteiger partial charge is 0.0863 e. The van der Waals surface area contributed by atoms with Gasteiger partial charge in [0.1, 0.15) is 0 Å². The summed E-state index contributed by atoms with van der Waals surface area (Å²) in [4.78, 5) is 0. The van der Waals surface area contributed by atoms with Crippen molar-refractivity contribution in [3.05, 3.63) is 0 Å². The van der Waals surface area contributed by atoms with E-state index in [1.807, 2.05) is 0 Å². The highest BCUT2D eigenvalue weighted by atomic mass is 16.3. The van der Waals surface area contributed by atoms with Crippen LogP contribution >= 0.6 is 0 Å². The SMILES string of the molecule is CCCC1CCC(C#N)(C(O)(CC)C2CC2)CC1. The molecule has 2 heteroatoms. The highest BCUT2D eigenvalue weighted by Crippen LogP contribution is 2.56. The molecule has 0 aromatic rings. The van der Waals surface area contributed by atoms with Crippen LogP contribution in [0.2, 0.25) is 0 Å². The zero-order chi connectivity index (χ0) is 13.2. The third-order valence-electron chi connectivity index (χ3n) is 5.49. The maximum atomic E-state index is 11.0. The molecule has 0 aromatic carbocycles. The van der Waals surface area contributed by atoms with E-state index >= 15 is 0 Å². The van der Waals surface area contributed by atoms with Crippen molar-refractivity contribution in [2.75, 3.05) is 0 Å². The lowest BCUT2D eigenvalue weighted by Gasteiger charge is -2.46. The molecule has 0 bridgehead atoms. The molecule has 0 spiro atoms. The van der Waals surface area contributed by atoms with Crippen molar-refractivity contribution in [1.29, 1.82) is 5.26 Å². The number of hydrogen-bond acceptors (Lipinski definition) is 2. The van der Waals surface area contributed by atoms with E-state index < -0.39 is 11.0 Å². The quantitative estimate of drug-likeness (QED) is 0.799. The molecule has 2 aliphatic carbocycles. The lowest BCUT2D eigenvalue weighted by atomic mass is 9.59. The molecular formula is C16H27NO. The van der Waals surface area contributed by atoms with Crippen LogP contribution in [0.25, 0.3) is 0 Å². The van der Waals surface area contributed by atoms with E-state index in [2.05, 4.69) is 19.9 Å². The van der Waals surface area contributed by atoms with Crippen LogP contribution < -0.4 is 0 Å². The molecule has 2 rings (SSSR count). The normalized spacial score (nSPS) is 35.8. The molecule has 1 N–H and O–H groups in total. The zero-order valence-electron chi connectivity index (χ0n) is 11.9. The predicted octanol–water partition coefficient (Wildman–Crippen LogP) is 4.04. The summed E-state index contributed by atoms with van der Waals surface area (Å²) in [6, 6.07) is 2.54. The molecule has 2 aliphatic rings. The first-order chi connectivity index (χ1) is 8.62. The Hall–Kier alpha value is -0.550. The van der Waals surface area contributed by atoms with Crippen molar-refractivity contribution in [3.8, 4) is 6.07 Å². The Bertz CT molecular complexity index is 320. The second-order valence-corrected chi connectivity index (χ2v) is 6.48. The van der Waals surface area contributed by atoms with Gasteiger partial charge in [-0.2, -0.15) is 5.26 Å². The van der Waals surface area contributed by atoms with Crippen molar-refractivity contribution >= 4 is 0 Å². The van der Waals surface area contributed by atoms with Crippen LogP contribution in [0.4, 0.5) is 0 Å². The van der Waals surface area contributed by atoms with E-state index in [0.29, 0.717) is 5.92 Å². The standard InChI is InChI=1S/C16H27NO/c1-3-5-13-8-10-15(12-17,11-9-13)16(18,4-2)14-6-7-14/h13-14,18H,3-11H2,1-2H3. The number of rotatable bonds is 5. The first-order valence-corrected chi connectivity index (χ1v) is 7.75. The van der Waals surface area contributed by atoms with Crippen molar-refractivity contribution in [1.82, 2.24) is 0 Å². The average molecular weight is 249 g/mol. The van der Waals surface area contributed by atoms with Gasteiger partial charge in [-0.25, -0.2) is 0 Å². The Balaban J connectivity index is 2.10. The molecule has 0 aromatic heterocycles. The van der Waals surface area contributed by atoms with E-state index in [-0.39, 0.29) is 0 Å². The third-order valence-corrected chi connectivity index (χ3v) is 5.49. The van der Waals surface area contributed by atoms with Crippen LogP contribution in [0.15, 0.2) is 0 Å². The molecule has 18 heavy (non-hydrogen) atoms. The Morgan fingerprint density at radius 2 is 1.83 bits per heavy atom. The summed E-state index contributed by atoms with van der Waals surface area (Å²) in [6.45, 7) is 4.29. The fourth-order valence-corrected chi connectivity index (χ4v) is 4.09. The van der Waals surface area contributed by atoms with Crippen molar-refractivity contribution in [2.45, 2.75) is 77.2 Å². The van der Waals surface area contributed by atoms with E-state index in [4.69, 9.17) is 0 Å². The minimum Gasteiger partial charge on any atom is -0.388 e. The summed E-state index contributed by atoms with van der Waals surface area (Å²) in [7, 11) is 0. The summed E-state index contributed by atoms with van der Waals surface area (Å²) >= 11 is 0. The number of nitriles is 1. The van der Waals surface area contributed by atoms with Gasteiger partial charge < -0.3 is 5.11 Å². The number of nitrogens with zero attached hydrogens (tertiary/aromatic N) is 1. The topological polar surface area (TPSA) is 44.0 Å². The highest BCUT2D eigenvalue weighted by Gasteiger charge is 2.58. The van der Waals surface area contributed by atoms with Crippen molar-refractivity contribution in [2.24, 2.45) is 17.3 Å². The Labute approximate surface area is 111 Å². The molecule has 2 fully saturated rings. The van der Waals surface area contributed by atoms with E-state index in [1.54, 1.807) is 0 Å². The van der Waals surface area contributed by atoms with E-state index in [0.717, 1.165) is 50.9 Å². The highest BCUT2D eigenvalue weighted by molar-refractivity contribution is 5.16. The van der Waals surface area contributed by atoms with Crippen LogP contribution in [0.5, 0.6) is 0 Å². The second kappa shape index (κ2) is 5.21. The number of hydrogen-bond donors (Lipinski definition) is 1. The van der Waals surface area contributed by atoms with Gasteiger partial charge in [0.15, 0.2) is 0 Å². The molecule has 0 radical (unpaired) electrons. The van der Waals surface area contributed by atoms with Gasteiger partial charge in [0.2, 0.25) is 0 Å². The largest absolute Gasteiger partial charge is 0.388 e. The molecule has 0 heterocycles. The summed E-state index contributed by atoms with van der Waals surface area (Å²) in [5, 5.41) is 20.7. The lowest BCUT2D eigenvalue weighted by molar-refractivity contribution is -0.0981. The Morgan fingerprint density at radius 3 is 2.22 bits per heavy atom. The van der Waals surface area contributed by atoms with Crippen LogP contribution in [0, 0.1) is 28.6 Å². The van der Waals surface area contributed by atoms with Gasteiger partial charge in [-0.1, -0.05) is 26.7 Å². The zero-order valence-corrected chi connectivity index (χ0v) is 11.9. The van der Waals surface area contributed by atoms with Gasteiger partial charge >= 0.3 is 0 Å². The van der Waals surface area contributed by atoms with Crippen LogP contribution in [-0.2, 0) is 0 Å². The molecule has 102 valence electrons. The second-order valence-electron chi connectivity index (χ2n) is 6.48. The fourth-order valence-electron chi connectivity index (χ4n) is 4.09. The van der Waals surface area contributed by atoms with Crippen LogP contribution in [0.1, 0.15) is 71.6 Å². The van der Waals surface area contributed by atoms with Gasteiger partial charge in [0.05, 0.1) is 17.1 Å². The monoisotopic (exact) mass is 249 g/mol. The first-order valence-electron chi connectivity index (χ1n) is 7.75. The average Bonchev–Trinajstić information content (AvgIpc) is 3.24. The summed E-state index contributed by atoms with van der Waals surface area (Å²) in [6.07, 6.45) is 9.60. The van der Waals surface area contributed by atoms with Gasteiger partial charge in [0, 0.05) is 0 Å². The molecule has 1 atom stereocenters. The molecule has 0 saturated heterocycles. The third kappa shape index (κ3) is 2.18. The molecular weight excluding hydrogens is 222 g/mol. The molecule has 0 aliphatic heterocycles. The maximum absolute atomic E-state index is 11.0. The van der Waals surface area contributed by atoms with Crippen molar-refractivity contribution in [3.63, 3.8) is 0 Å². The van der Waals surface area contributed by atoms with Crippen molar-refractivity contribution < 1.29 is 5.11 Å². The van der Waals surface area contributed by atoms with Crippen LogP contribution in [-0.4, -0.2) is 10.7 Å². The Kier molecular flexibility index (Phi) is 4.02. The van der Waals surface area contributed by atoms with E-state index in [9.17, 15) is 10.4 Å². The van der Waals surface area contributed by atoms with Gasteiger partial charge in [-0.15, -0.1) is 0 Å². The Morgan fingerprint density at radius 1 is 1.22 bits per heavy atom. The maximum Gasteiger partial charge on any atom is 0.0863 e. The molecule has 1 unspecified atom stereocenters. The molecule has 2 nitrogen and oxygen atoms in total. The predicted molar refractivity (Wildman–Crippen MR) is 72.9 cm³/mol. The number of aliphatic hydroxyl groups is 1. The minimum atomic E-state index is -0.709. The molecule has 2 saturated carbocycles. The summed E-state index contributed by atoms with van der Waals surface area (Å²) in [5.41, 5.74) is -1.16. The lowest BCUT2D eigenvalue weighted by Crippen LogP contribution is -2.50. The van der Waals surface area contributed by atoms with Gasteiger partial charge in [-0.05, 0) is 56.8 Å². The minimum absolute atomic E-state index is 0.393. The van der Waals surface area contributed by atoms with Gasteiger partial charge in [0.25, 0.3) is 0 Å². The molecule has 0 amide bonds. The summed E-state index contributed by atoms with van der Waals surface area (Å²) < 4.78 is 0. The van der Waals surface area contributed by atoms with E-state index in [1.165, 1.54) is 12.8 Å². The van der Waals surface area contributed by atoms with Crippen LogP contribution in [0.3, 0.4) is 0 Å². The summed E-state index contributed by atoms with van der Waals surface area (Å²) in [5.74, 6) is 1.18.